The average Bonchev–Trinajstić information content (AvgIpc) is 2.89. The van der Waals surface area contributed by atoms with Crippen LogP contribution in [0.4, 0.5) is 5.69 Å². The van der Waals surface area contributed by atoms with E-state index in [9.17, 15) is 0 Å². The van der Waals surface area contributed by atoms with Crippen molar-refractivity contribution in [2.45, 2.75) is 13.2 Å². The van der Waals surface area contributed by atoms with E-state index >= 15 is 0 Å². The molecular weight excluding hydrogens is 202 g/mol. The molecule has 0 spiro atoms. The molecule has 16 heavy (non-hydrogen) atoms. The number of azo groups is 1. The minimum absolute atomic E-state index is 0.0267. The minimum Gasteiger partial charge on any atom is -0.282 e. The second kappa shape index (κ2) is 3.77. The molecule has 1 aromatic carbocycles. The van der Waals surface area contributed by atoms with Gasteiger partial charge in [-0.25, -0.2) is 4.99 Å². The molecule has 0 aliphatic carbocycles. The average molecular weight is 215 g/mol. The first kappa shape index (κ1) is 9.62. The molecule has 0 unspecified atom stereocenters. The number of rotatable bonds is 1. The zero-order valence-electron chi connectivity index (χ0n) is 9.07. The molecule has 2 aliphatic rings. The normalized spacial score (nSPS) is 21.9. The summed E-state index contributed by atoms with van der Waals surface area (Å²) in [5.41, 5.74) is 3.12. The van der Waals surface area contributed by atoms with E-state index in [1.54, 1.807) is 0 Å². The highest BCUT2D eigenvalue weighted by Gasteiger charge is 2.18. The highest BCUT2D eigenvalue weighted by Crippen LogP contribution is 2.28. The Hall–Kier alpha value is -1.59. The van der Waals surface area contributed by atoms with Crippen molar-refractivity contribution in [1.82, 2.24) is 10.6 Å². The van der Waals surface area contributed by atoms with Gasteiger partial charge in [-0.15, -0.1) is 10.2 Å². The molecule has 3 rings (SSSR count). The van der Waals surface area contributed by atoms with Crippen molar-refractivity contribution in [3.63, 3.8) is 0 Å². The Morgan fingerprint density at radius 2 is 2.06 bits per heavy atom. The quantitative estimate of drug-likeness (QED) is 0.742. The van der Waals surface area contributed by atoms with E-state index in [-0.39, 0.29) is 6.29 Å². The number of hydrogen-bond acceptors (Lipinski definition) is 4. The molecule has 5 nitrogen and oxygen atoms in total. The Labute approximate surface area is 93.7 Å². The fourth-order valence-corrected chi connectivity index (χ4v) is 1.87. The number of nitrogens with zero attached hydrogens (tertiary/aromatic N) is 3. The predicted octanol–water partition coefficient (Wildman–Crippen LogP) is 1.32. The van der Waals surface area contributed by atoms with Crippen LogP contribution in [0.15, 0.2) is 33.4 Å². The van der Waals surface area contributed by atoms with E-state index < -0.39 is 0 Å². The number of aryl methyl sites for hydroxylation is 1. The van der Waals surface area contributed by atoms with Crippen molar-refractivity contribution < 1.29 is 0 Å². The summed E-state index contributed by atoms with van der Waals surface area (Å²) in [4.78, 5) is 4.48. The van der Waals surface area contributed by atoms with Gasteiger partial charge >= 0.3 is 0 Å². The molecule has 0 bridgehead atoms. The molecule has 2 heterocycles. The molecule has 1 fully saturated rings. The molecule has 0 saturated carbocycles. The molecule has 5 heteroatoms. The molecule has 0 radical (unpaired) electrons. The molecule has 0 atom stereocenters. The van der Waals surface area contributed by atoms with E-state index in [1.165, 1.54) is 5.56 Å². The Morgan fingerprint density at radius 1 is 1.25 bits per heavy atom. The third-order valence-corrected chi connectivity index (χ3v) is 2.70. The van der Waals surface area contributed by atoms with Gasteiger partial charge < -0.3 is 0 Å². The van der Waals surface area contributed by atoms with Crippen LogP contribution in [0.25, 0.3) is 0 Å². The fourth-order valence-electron chi connectivity index (χ4n) is 1.87. The van der Waals surface area contributed by atoms with Crippen molar-refractivity contribution in [2.75, 3.05) is 13.1 Å². The lowest BCUT2D eigenvalue weighted by molar-refractivity contribution is 0.580. The second-order valence-electron chi connectivity index (χ2n) is 3.98. The minimum atomic E-state index is -0.0267. The molecular formula is C11H13N5. The van der Waals surface area contributed by atoms with Gasteiger partial charge in [0.2, 0.25) is 0 Å². The molecule has 1 saturated heterocycles. The Morgan fingerprint density at radius 3 is 2.88 bits per heavy atom. The van der Waals surface area contributed by atoms with E-state index in [1.807, 2.05) is 19.1 Å². The largest absolute Gasteiger partial charge is 0.282 e. The lowest BCUT2D eigenvalue weighted by atomic mass is 10.1. The van der Waals surface area contributed by atoms with Gasteiger partial charge in [-0.2, -0.15) is 0 Å². The smallest absolute Gasteiger partial charge is 0.182 e. The van der Waals surface area contributed by atoms with E-state index in [2.05, 4.69) is 31.9 Å². The number of aliphatic imine (C=N–C) groups is 1. The lowest BCUT2D eigenvalue weighted by Gasteiger charge is -2.05. The van der Waals surface area contributed by atoms with Crippen molar-refractivity contribution in [2.24, 2.45) is 15.2 Å². The van der Waals surface area contributed by atoms with Crippen LogP contribution in [0.1, 0.15) is 11.1 Å². The van der Waals surface area contributed by atoms with Crippen LogP contribution in [0.5, 0.6) is 0 Å². The second-order valence-corrected chi connectivity index (χ2v) is 3.98. The molecule has 0 amide bonds. The lowest BCUT2D eigenvalue weighted by Crippen LogP contribution is -2.29. The number of nitrogens with one attached hydrogen (secondary N) is 2. The summed E-state index contributed by atoms with van der Waals surface area (Å²) in [7, 11) is 0. The standard InChI is InChI=1S/C11H13N5/c1-7-2-3-8-9(6-7)15-16-10(8)14-11-12-4-5-13-11/h2-3,6,11-13H,4-5H2,1H3. The Balaban J connectivity index is 1.93. The van der Waals surface area contributed by atoms with Gasteiger partial charge in [0.15, 0.2) is 12.1 Å². The molecule has 2 N–H and O–H groups in total. The van der Waals surface area contributed by atoms with Crippen molar-refractivity contribution >= 4 is 11.5 Å². The molecule has 82 valence electrons. The van der Waals surface area contributed by atoms with Crippen molar-refractivity contribution in [3.8, 4) is 0 Å². The maximum Gasteiger partial charge on any atom is 0.182 e. The molecule has 2 aliphatic heterocycles. The predicted molar refractivity (Wildman–Crippen MR) is 62.0 cm³/mol. The number of fused-ring (bicyclic) bond motifs is 1. The summed E-state index contributed by atoms with van der Waals surface area (Å²) in [5, 5.41) is 14.7. The van der Waals surface area contributed by atoms with Gasteiger partial charge in [0.1, 0.15) is 0 Å². The monoisotopic (exact) mass is 215 g/mol. The van der Waals surface area contributed by atoms with E-state index in [0.29, 0.717) is 5.84 Å². The van der Waals surface area contributed by atoms with Crippen LogP contribution in [0, 0.1) is 6.92 Å². The van der Waals surface area contributed by atoms with E-state index in [4.69, 9.17) is 0 Å². The number of amidine groups is 1. The van der Waals surface area contributed by atoms with Crippen LogP contribution in [0.2, 0.25) is 0 Å². The van der Waals surface area contributed by atoms with Crippen LogP contribution in [0.3, 0.4) is 0 Å². The summed E-state index contributed by atoms with van der Waals surface area (Å²) in [5.74, 6) is 0.710. The third kappa shape index (κ3) is 1.64. The molecule has 1 aromatic rings. The Bertz CT molecular complexity index is 471. The highest BCUT2D eigenvalue weighted by molar-refractivity contribution is 6.05. The van der Waals surface area contributed by atoms with Gasteiger partial charge in [-0.05, 0) is 24.6 Å². The first-order chi connectivity index (χ1) is 7.83. The molecule has 0 aromatic heterocycles. The zero-order chi connectivity index (χ0) is 11.0. The van der Waals surface area contributed by atoms with E-state index in [0.717, 1.165) is 24.3 Å². The maximum atomic E-state index is 4.48. The summed E-state index contributed by atoms with van der Waals surface area (Å²) in [6.45, 7) is 3.93. The first-order valence-corrected chi connectivity index (χ1v) is 5.40. The van der Waals surface area contributed by atoms with Crippen LogP contribution < -0.4 is 10.6 Å². The summed E-state index contributed by atoms with van der Waals surface area (Å²) >= 11 is 0. The first-order valence-electron chi connectivity index (χ1n) is 5.40. The van der Waals surface area contributed by atoms with Crippen LogP contribution in [-0.2, 0) is 0 Å². The SMILES string of the molecule is Cc1ccc2c(c1)N=NC2=NC1NCCN1. The fraction of sp³-hybridized carbons (Fsp3) is 0.364. The van der Waals surface area contributed by atoms with Gasteiger partial charge in [0, 0.05) is 18.7 Å². The number of hydrogen-bond donors (Lipinski definition) is 2. The van der Waals surface area contributed by atoms with Gasteiger partial charge in [0.25, 0.3) is 0 Å². The van der Waals surface area contributed by atoms with Crippen LogP contribution in [-0.4, -0.2) is 25.2 Å². The zero-order valence-corrected chi connectivity index (χ0v) is 9.07. The van der Waals surface area contributed by atoms with Gasteiger partial charge in [-0.1, -0.05) is 6.07 Å². The summed E-state index contributed by atoms with van der Waals surface area (Å²) < 4.78 is 0. The van der Waals surface area contributed by atoms with Gasteiger partial charge in [0.05, 0.1) is 5.69 Å². The maximum absolute atomic E-state index is 4.48. The summed E-state index contributed by atoms with van der Waals surface area (Å²) in [6, 6.07) is 6.11. The topological polar surface area (TPSA) is 61.1 Å². The highest BCUT2D eigenvalue weighted by atomic mass is 15.3. The van der Waals surface area contributed by atoms with Crippen molar-refractivity contribution in [3.05, 3.63) is 29.3 Å². The van der Waals surface area contributed by atoms with Crippen LogP contribution >= 0.6 is 0 Å². The number of benzene rings is 1. The summed E-state index contributed by atoms with van der Waals surface area (Å²) in [6.07, 6.45) is -0.0267. The Kier molecular flexibility index (Phi) is 2.27. The van der Waals surface area contributed by atoms with Crippen molar-refractivity contribution in [1.29, 1.82) is 0 Å². The van der Waals surface area contributed by atoms with Gasteiger partial charge in [-0.3, -0.25) is 10.6 Å². The third-order valence-electron chi connectivity index (χ3n) is 2.70.